The minimum absolute atomic E-state index is 0.0809. The molecular weight excluding hydrogens is 426 g/mol. The summed E-state index contributed by atoms with van der Waals surface area (Å²) >= 11 is 1.15. The summed E-state index contributed by atoms with van der Waals surface area (Å²) in [5.41, 5.74) is 3.07. The summed E-state index contributed by atoms with van der Waals surface area (Å²) in [6.45, 7) is 5.36. The van der Waals surface area contributed by atoms with Gasteiger partial charge in [0.1, 0.15) is 0 Å². The second kappa shape index (κ2) is 10.8. The summed E-state index contributed by atoms with van der Waals surface area (Å²) in [6, 6.07) is 16.2. The molecule has 0 unspecified atom stereocenters. The number of H-pyrrole nitrogens is 1. The number of esters is 1. The lowest BCUT2D eigenvalue weighted by Gasteiger charge is -2.09. The quantitative estimate of drug-likeness (QED) is 0.305. The van der Waals surface area contributed by atoms with Gasteiger partial charge in [-0.25, -0.2) is 9.78 Å². The van der Waals surface area contributed by atoms with Crippen molar-refractivity contribution in [1.82, 2.24) is 9.97 Å². The van der Waals surface area contributed by atoms with Gasteiger partial charge in [0.25, 0.3) is 5.56 Å². The lowest BCUT2D eigenvalue weighted by atomic mass is 10.1. The number of hydrogen-bond acceptors (Lipinski definition) is 6. The zero-order valence-electron chi connectivity index (χ0n) is 18.2. The lowest BCUT2D eigenvalue weighted by Crippen LogP contribution is -2.19. The Morgan fingerprint density at radius 2 is 1.78 bits per heavy atom. The van der Waals surface area contributed by atoms with Crippen LogP contribution in [0, 0.1) is 6.92 Å². The molecule has 0 spiro atoms. The molecule has 32 heavy (non-hydrogen) atoms. The highest BCUT2D eigenvalue weighted by Crippen LogP contribution is 2.16. The molecule has 3 rings (SSSR count). The highest BCUT2D eigenvalue weighted by Gasteiger charge is 2.12. The fraction of sp³-hybridized carbons (Fsp3) is 0.250. The highest BCUT2D eigenvalue weighted by molar-refractivity contribution is 7.99. The van der Waals surface area contributed by atoms with Crippen LogP contribution in [0.4, 0.5) is 5.69 Å². The minimum atomic E-state index is -0.408. The molecule has 1 aromatic heterocycles. The predicted octanol–water partition coefficient (Wildman–Crippen LogP) is 3.97. The summed E-state index contributed by atoms with van der Waals surface area (Å²) in [5, 5.41) is 3.16. The molecular formula is C24H25N3O4S. The van der Waals surface area contributed by atoms with Crippen molar-refractivity contribution in [3.05, 3.63) is 87.3 Å². The smallest absolute Gasteiger partial charge is 0.338 e. The summed E-state index contributed by atoms with van der Waals surface area (Å²) in [4.78, 5) is 43.9. The zero-order valence-corrected chi connectivity index (χ0v) is 19.0. The molecule has 2 N–H and O–H groups in total. The van der Waals surface area contributed by atoms with Gasteiger partial charge in [-0.15, -0.1) is 0 Å². The highest BCUT2D eigenvalue weighted by atomic mass is 32.2. The van der Waals surface area contributed by atoms with E-state index in [1.54, 1.807) is 45.0 Å². The minimum Gasteiger partial charge on any atom is -0.459 e. The third-order valence-electron chi connectivity index (χ3n) is 4.51. The number of carbonyl (C=O) groups is 2. The van der Waals surface area contributed by atoms with Crippen LogP contribution in [-0.4, -0.2) is 33.7 Å². The molecule has 1 amide bonds. The van der Waals surface area contributed by atoms with Crippen molar-refractivity contribution in [1.29, 1.82) is 0 Å². The van der Waals surface area contributed by atoms with Gasteiger partial charge < -0.3 is 15.0 Å². The van der Waals surface area contributed by atoms with Gasteiger partial charge in [-0.2, -0.15) is 0 Å². The molecule has 8 heteroatoms. The molecule has 166 valence electrons. The molecule has 0 aliphatic heterocycles. The number of aromatic nitrogens is 2. The van der Waals surface area contributed by atoms with Crippen LogP contribution in [0.3, 0.4) is 0 Å². The standard InChI is InChI=1S/C24H25N3O4S/c1-15(2)31-23(30)18-9-11-19(12-10-18)26-21(28)14-32-24-25-16(3)20(22(29)27-24)13-17-7-5-4-6-8-17/h4-12,15H,13-14H2,1-3H3,(H,26,28)(H,25,27,29). The Bertz CT molecular complexity index is 1140. The van der Waals surface area contributed by atoms with Crippen molar-refractivity contribution < 1.29 is 14.3 Å². The third kappa shape index (κ3) is 6.55. The molecule has 0 aliphatic carbocycles. The van der Waals surface area contributed by atoms with Gasteiger partial charge in [-0.05, 0) is 50.6 Å². The average molecular weight is 452 g/mol. The molecule has 0 bridgehead atoms. The van der Waals surface area contributed by atoms with Gasteiger partial charge in [-0.1, -0.05) is 42.1 Å². The maximum absolute atomic E-state index is 12.5. The van der Waals surface area contributed by atoms with Crippen LogP contribution in [0.25, 0.3) is 0 Å². The van der Waals surface area contributed by atoms with Crippen LogP contribution in [0.5, 0.6) is 0 Å². The first-order valence-corrected chi connectivity index (χ1v) is 11.2. The number of carbonyl (C=O) groups excluding carboxylic acids is 2. The number of aromatic amines is 1. The number of anilines is 1. The molecule has 0 fully saturated rings. The van der Waals surface area contributed by atoms with E-state index in [9.17, 15) is 14.4 Å². The van der Waals surface area contributed by atoms with E-state index in [4.69, 9.17) is 4.74 Å². The van der Waals surface area contributed by atoms with Crippen molar-refractivity contribution >= 4 is 29.3 Å². The first-order valence-electron chi connectivity index (χ1n) is 10.2. The van der Waals surface area contributed by atoms with Crippen LogP contribution in [-0.2, 0) is 16.0 Å². The van der Waals surface area contributed by atoms with E-state index in [1.165, 1.54) is 0 Å². The number of amides is 1. The lowest BCUT2D eigenvalue weighted by molar-refractivity contribution is -0.113. The summed E-state index contributed by atoms with van der Waals surface area (Å²) in [7, 11) is 0. The van der Waals surface area contributed by atoms with Gasteiger partial charge >= 0.3 is 5.97 Å². The normalized spacial score (nSPS) is 10.8. The Labute approximate surface area is 190 Å². The van der Waals surface area contributed by atoms with Crippen molar-refractivity contribution in [2.24, 2.45) is 0 Å². The van der Waals surface area contributed by atoms with Crippen LogP contribution in [0.2, 0.25) is 0 Å². The fourth-order valence-electron chi connectivity index (χ4n) is 2.96. The Hall–Kier alpha value is -3.39. The van der Waals surface area contributed by atoms with Crippen molar-refractivity contribution in [3.63, 3.8) is 0 Å². The molecule has 0 radical (unpaired) electrons. The number of aryl methyl sites for hydroxylation is 1. The van der Waals surface area contributed by atoms with Crippen LogP contribution < -0.4 is 10.9 Å². The second-order valence-electron chi connectivity index (χ2n) is 7.47. The SMILES string of the molecule is Cc1nc(SCC(=O)Nc2ccc(C(=O)OC(C)C)cc2)[nH]c(=O)c1Cc1ccccc1. The van der Waals surface area contributed by atoms with E-state index < -0.39 is 5.97 Å². The summed E-state index contributed by atoms with van der Waals surface area (Å²) in [6.07, 6.45) is 0.302. The maximum Gasteiger partial charge on any atom is 0.338 e. The van der Waals surface area contributed by atoms with Crippen molar-refractivity contribution in [3.8, 4) is 0 Å². The molecule has 0 aliphatic rings. The van der Waals surface area contributed by atoms with Gasteiger partial charge in [0.2, 0.25) is 5.91 Å². The Morgan fingerprint density at radius 3 is 2.41 bits per heavy atom. The fourth-order valence-corrected chi connectivity index (χ4v) is 3.67. The second-order valence-corrected chi connectivity index (χ2v) is 8.43. The Morgan fingerprint density at radius 1 is 1.09 bits per heavy atom. The van der Waals surface area contributed by atoms with Gasteiger partial charge in [0.05, 0.1) is 17.4 Å². The summed E-state index contributed by atoms with van der Waals surface area (Å²) in [5.74, 6) is -0.576. The zero-order chi connectivity index (χ0) is 23.1. The van der Waals surface area contributed by atoms with Crippen LogP contribution in [0.15, 0.2) is 64.5 Å². The number of benzene rings is 2. The average Bonchev–Trinajstić information content (AvgIpc) is 2.75. The van der Waals surface area contributed by atoms with Gasteiger partial charge in [0, 0.05) is 23.4 Å². The van der Waals surface area contributed by atoms with Crippen LogP contribution in [0.1, 0.15) is 41.0 Å². The largest absolute Gasteiger partial charge is 0.459 e. The third-order valence-corrected chi connectivity index (χ3v) is 5.38. The van der Waals surface area contributed by atoms with E-state index in [1.807, 2.05) is 30.3 Å². The first kappa shape index (κ1) is 23.3. The molecule has 7 nitrogen and oxygen atoms in total. The molecule has 0 atom stereocenters. The predicted molar refractivity (Wildman–Crippen MR) is 125 cm³/mol. The number of nitrogens with one attached hydrogen (secondary N) is 2. The van der Waals surface area contributed by atoms with E-state index in [-0.39, 0.29) is 23.3 Å². The van der Waals surface area contributed by atoms with Gasteiger partial charge in [0.15, 0.2) is 5.16 Å². The number of hydrogen-bond donors (Lipinski definition) is 2. The number of thioether (sulfide) groups is 1. The maximum atomic E-state index is 12.5. The van der Waals surface area contributed by atoms with E-state index in [2.05, 4.69) is 15.3 Å². The monoisotopic (exact) mass is 451 g/mol. The number of ether oxygens (including phenoxy) is 1. The molecule has 0 saturated heterocycles. The number of nitrogens with zero attached hydrogens (tertiary/aromatic N) is 1. The molecule has 1 heterocycles. The summed E-state index contributed by atoms with van der Waals surface area (Å²) < 4.78 is 5.14. The van der Waals surface area contributed by atoms with E-state index in [0.717, 1.165) is 17.3 Å². The van der Waals surface area contributed by atoms with Crippen molar-refractivity contribution in [2.75, 3.05) is 11.1 Å². The number of rotatable bonds is 8. The Kier molecular flexibility index (Phi) is 7.83. The van der Waals surface area contributed by atoms with Crippen molar-refractivity contribution in [2.45, 2.75) is 38.5 Å². The van der Waals surface area contributed by atoms with E-state index >= 15 is 0 Å². The molecule has 0 saturated carbocycles. The topological polar surface area (TPSA) is 101 Å². The Balaban J connectivity index is 1.56. The van der Waals surface area contributed by atoms with E-state index in [0.29, 0.717) is 34.1 Å². The molecule has 3 aromatic rings. The first-order chi connectivity index (χ1) is 15.3. The van der Waals surface area contributed by atoms with Gasteiger partial charge in [-0.3, -0.25) is 9.59 Å². The van der Waals surface area contributed by atoms with Crippen LogP contribution >= 0.6 is 11.8 Å². The molecule has 2 aromatic carbocycles.